The van der Waals surface area contributed by atoms with Crippen LogP contribution in [0.1, 0.15) is 37.4 Å². The van der Waals surface area contributed by atoms with Crippen molar-refractivity contribution in [2.45, 2.75) is 32.7 Å². The normalized spacial score (nSPS) is 19.5. The molecule has 1 aliphatic rings. The molecule has 0 saturated carbocycles. The van der Waals surface area contributed by atoms with Crippen molar-refractivity contribution >= 4 is 5.96 Å². The fraction of sp³-hybridized carbons (Fsp3) is 0.500. The quantitative estimate of drug-likeness (QED) is 0.864. The monoisotopic (exact) mass is 231 g/mol. The Morgan fingerprint density at radius 1 is 1.29 bits per heavy atom. The van der Waals surface area contributed by atoms with Crippen molar-refractivity contribution in [3.63, 3.8) is 0 Å². The van der Waals surface area contributed by atoms with Crippen molar-refractivity contribution in [2.24, 2.45) is 10.7 Å². The van der Waals surface area contributed by atoms with Gasteiger partial charge in [-0.05, 0) is 24.0 Å². The van der Waals surface area contributed by atoms with Gasteiger partial charge in [-0.15, -0.1) is 0 Å². The summed E-state index contributed by atoms with van der Waals surface area (Å²) >= 11 is 0. The van der Waals surface area contributed by atoms with Crippen LogP contribution in [-0.4, -0.2) is 23.9 Å². The van der Waals surface area contributed by atoms with E-state index in [0.717, 1.165) is 25.9 Å². The first kappa shape index (κ1) is 12.0. The maximum absolute atomic E-state index is 5.92. The number of rotatable bonds is 4. The van der Waals surface area contributed by atoms with Gasteiger partial charge in [0.1, 0.15) is 0 Å². The standard InChI is InChI=1S/C14H21N3/c1-3-9-17-13(10-16-14(17)15)12-7-5-11(4-2)6-8-12/h5-8,13H,3-4,9-10H2,1-2H3,(H2,15,16). The van der Waals surface area contributed by atoms with Crippen molar-refractivity contribution in [1.29, 1.82) is 0 Å². The number of nitrogens with zero attached hydrogens (tertiary/aromatic N) is 2. The van der Waals surface area contributed by atoms with Gasteiger partial charge in [-0.3, -0.25) is 4.99 Å². The summed E-state index contributed by atoms with van der Waals surface area (Å²) in [5, 5.41) is 0. The number of hydrogen-bond acceptors (Lipinski definition) is 3. The summed E-state index contributed by atoms with van der Waals surface area (Å²) in [5.41, 5.74) is 8.62. The van der Waals surface area contributed by atoms with Crippen molar-refractivity contribution in [3.05, 3.63) is 35.4 Å². The van der Waals surface area contributed by atoms with Crippen molar-refractivity contribution < 1.29 is 0 Å². The Balaban J connectivity index is 2.16. The molecule has 3 nitrogen and oxygen atoms in total. The van der Waals surface area contributed by atoms with E-state index in [1.54, 1.807) is 0 Å². The van der Waals surface area contributed by atoms with Crippen molar-refractivity contribution in [1.82, 2.24) is 4.90 Å². The molecule has 0 amide bonds. The lowest BCUT2D eigenvalue weighted by Gasteiger charge is -2.26. The largest absolute Gasteiger partial charge is 0.370 e. The predicted molar refractivity (Wildman–Crippen MR) is 72.0 cm³/mol. The van der Waals surface area contributed by atoms with E-state index in [1.807, 2.05) is 0 Å². The van der Waals surface area contributed by atoms with Gasteiger partial charge in [-0.2, -0.15) is 0 Å². The minimum atomic E-state index is 0.334. The second kappa shape index (κ2) is 5.21. The molecule has 1 atom stereocenters. The SMILES string of the molecule is CCCN1C(N)=NCC1c1ccc(CC)cc1. The van der Waals surface area contributed by atoms with Crippen LogP contribution in [0.15, 0.2) is 29.3 Å². The molecule has 1 aromatic rings. The van der Waals surface area contributed by atoms with Crippen LogP contribution >= 0.6 is 0 Å². The number of nitrogens with two attached hydrogens (primary N) is 1. The molecule has 2 N–H and O–H groups in total. The number of aryl methyl sites for hydroxylation is 1. The van der Waals surface area contributed by atoms with Gasteiger partial charge in [0.15, 0.2) is 5.96 Å². The second-order valence-corrected chi connectivity index (χ2v) is 4.50. The molecule has 0 bridgehead atoms. The molecule has 0 saturated heterocycles. The second-order valence-electron chi connectivity index (χ2n) is 4.50. The topological polar surface area (TPSA) is 41.6 Å². The van der Waals surface area contributed by atoms with Gasteiger partial charge in [0.25, 0.3) is 0 Å². The van der Waals surface area contributed by atoms with Crippen LogP contribution in [0.2, 0.25) is 0 Å². The third-order valence-electron chi connectivity index (χ3n) is 3.33. The zero-order valence-corrected chi connectivity index (χ0v) is 10.7. The molecule has 1 aliphatic heterocycles. The molecule has 1 unspecified atom stereocenters. The van der Waals surface area contributed by atoms with Crippen LogP contribution < -0.4 is 5.73 Å². The summed E-state index contributed by atoms with van der Waals surface area (Å²) in [7, 11) is 0. The average Bonchev–Trinajstić information content (AvgIpc) is 2.72. The van der Waals surface area contributed by atoms with Crippen LogP contribution in [0.3, 0.4) is 0 Å². The number of guanidine groups is 1. The summed E-state index contributed by atoms with van der Waals surface area (Å²) in [6, 6.07) is 9.16. The zero-order valence-electron chi connectivity index (χ0n) is 10.7. The molecular formula is C14H21N3. The average molecular weight is 231 g/mol. The zero-order chi connectivity index (χ0) is 12.3. The first-order valence-electron chi connectivity index (χ1n) is 6.41. The first-order valence-corrected chi connectivity index (χ1v) is 6.41. The summed E-state index contributed by atoms with van der Waals surface area (Å²) < 4.78 is 0. The molecule has 3 heteroatoms. The van der Waals surface area contributed by atoms with Crippen LogP contribution in [0.5, 0.6) is 0 Å². The van der Waals surface area contributed by atoms with E-state index in [2.05, 4.69) is 48.0 Å². The minimum absolute atomic E-state index is 0.334. The van der Waals surface area contributed by atoms with Crippen molar-refractivity contribution in [3.8, 4) is 0 Å². The molecule has 17 heavy (non-hydrogen) atoms. The molecule has 0 fully saturated rings. The Morgan fingerprint density at radius 2 is 2.00 bits per heavy atom. The van der Waals surface area contributed by atoms with E-state index < -0.39 is 0 Å². The third kappa shape index (κ3) is 2.43. The lowest BCUT2D eigenvalue weighted by molar-refractivity contribution is 0.347. The summed E-state index contributed by atoms with van der Waals surface area (Å²) in [6.45, 7) is 6.12. The van der Waals surface area contributed by atoms with Gasteiger partial charge in [0.05, 0.1) is 12.6 Å². The maximum atomic E-state index is 5.92. The molecule has 1 aromatic carbocycles. The highest BCUT2D eigenvalue weighted by Crippen LogP contribution is 2.25. The molecule has 0 aromatic heterocycles. The smallest absolute Gasteiger partial charge is 0.191 e. The fourth-order valence-electron chi connectivity index (χ4n) is 2.30. The van der Waals surface area contributed by atoms with Gasteiger partial charge in [-0.1, -0.05) is 38.1 Å². The number of aliphatic imine (C=N–C) groups is 1. The summed E-state index contributed by atoms with van der Waals surface area (Å²) in [6.07, 6.45) is 2.18. The van der Waals surface area contributed by atoms with Crippen LogP contribution in [-0.2, 0) is 6.42 Å². The Morgan fingerprint density at radius 3 is 2.59 bits per heavy atom. The number of hydrogen-bond donors (Lipinski definition) is 1. The van der Waals surface area contributed by atoms with Gasteiger partial charge in [0.2, 0.25) is 0 Å². The first-order chi connectivity index (χ1) is 8.26. The molecule has 1 heterocycles. The van der Waals surface area contributed by atoms with Gasteiger partial charge >= 0.3 is 0 Å². The lowest BCUT2D eigenvalue weighted by Crippen LogP contribution is -2.36. The van der Waals surface area contributed by atoms with Gasteiger partial charge in [-0.25, -0.2) is 0 Å². The van der Waals surface area contributed by atoms with Gasteiger partial charge in [0, 0.05) is 6.54 Å². The Bertz CT molecular complexity index is 394. The summed E-state index contributed by atoms with van der Waals surface area (Å²) in [4.78, 5) is 6.57. The number of benzene rings is 1. The maximum Gasteiger partial charge on any atom is 0.191 e. The fourth-order valence-corrected chi connectivity index (χ4v) is 2.30. The van der Waals surface area contributed by atoms with E-state index in [9.17, 15) is 0 Å². The highest BCUT2D eigenvalue weighted by Gasteiger charge is 2.26. The van der Waals surface area contributed by atoms with Crippen molar-refractivity contribution in [2.75, 3.05) is 13.1 Å². The Hall–Kier alpha value is -1.51. The highest BCUT2D eigenvalue weighted by molar-refractivity contribution is 5.80. The molecule has 0 spiro atoms. The van der Waals surface area contributed by atoms with Crippen LogP contribution in [0, 0.1) is 0 Å². The highest BCUT2D eigenvalue weighted by atomic mass is 15.3. The third-order valence-corrected chi connectivity index (χ3v) is 3.33. The molecule has 2 rings (SSSR count). The Labute approximate surface area is 103 Å². The van der Waals surface area contributed by atoms with E-state index >= 15 is 0 Å². The molecule has 0 radical (unpaired) electrons. The van der Waals surface area contributed by atoms with Gasteiger partial charge < -0.3 is 10.6 Å². The van der Waals surface area contributed by atoms with E-state index in [-0.39, 0.29) is 0 Å². The minimum Gasteiger partial charge on any atom is -0.370 e. The van der Waals surface area contributed by atoms with E-state index in [4.69, 9.17) is 5.73 Å². The lowest BCUT2D eigenvalue weighted by atomic mass is 10.0. The summed E-state index contributed by atoms with van der Waals surface area (Å²) in [5.74, 6) is 0.691. The van der Waals surface area contributed by atoms with E-state index in [0.29, 0.717) is 12.0 Å². The Kier molecular flexibility index (Phi) is 3.67. The predicted octanol–water partition coefficient (Wildman–Crippen LogP) is 2.33. The molecule has 92 valence electrons. The van der Waals surface area contributed by atoms with Crippen LogP contribution in [0.4, 0.5) is 0 Å². The van der Waals surface area contributed by atoms with E-state index in [1.165, 1.54) is 11.1 Å². The van der Waals surface area contributed by atoms with Crippen LogP contribution in [0.25, 0.3) is 0 Å². The molecular weight excluding hydrogens is 210 g/mol. The molecule has 0 aliphatic carbocycles.